The number of hydrogen-bond donors (Lipinski definition) is 1. The van der Waals surface area contributed by atoms with Crippen LogP contribution in [0.25, 0.3) is 11.5 Å². The lowest BCUT2D eigenvalue weighted by molar-refractivity contribution is -0.131. The minimum absolute atomic E-state index is 0.208. The third-order valence-corrected chi connectivity index (χ3v) is 3.52. The van der Waals surface area contributed by atoms with Gasteiger partial charge in [-0.3, -0.25) is 14.6 Å². The molecule has 0 spiro atoms. The first-order chi connectivity index (χ1) is 12.6. The molecule has 0 bridgehead atoms. The molecule has 3 aromatic rings. The molecule has 0 atom stereocenters. The molecule has 1 aromatic carbocycles. The van der Waals surface area contributed by atoms with Gasteiger partial charge in [-0.1, -0.05) is 0 Å². The number of carbonyl (C=O) groups is 2. The van der Waals surface area contributed by atoms with Crippen molar-refractivity contribution in [1.82, 2.24) is 24.8 Å². The molecule has 2 aromatic heterocycles. The molecule has 8 nitrogen and oxygen atoms in total. The van der Waals surface area contributed by atoms with Gasteiger partial charge in [0.2, 0.25) is 0 Å². The maximum atomic E-state index is 12.2. The third kappa shape index (κ3) is 4.29. The summed E-state index contributed by atoms with van der Waals surface area (Å²) >= 11 is 0. The summed E-state index contributed by atoms with van der Waals surface area (Å²) < 4.78 is 6.84. The van der Waals surface area contributed by atoms with Gasteiger partial charge in [-0.2, -0.15) is 0 Å². The van der Waals surface area contributed by atoms with E-state index in [9.17, 15) is 9.59 Å². The van der Waals surface area contributed by atoms with Crippen LogP contribution in [0.1, 0.15) is 17.3 Å². The minimum Gasteiger partial charge on any atom is -0.427 e. The van der Waals surface area contributed by atoms with Crippen molar-refractivity contribution in [2.75, 3.05) is 6.54 Å². The molecule has 0 aliphatic carbocycles. The number of rotatable bonds is 6. The molecule has 0 fully saturated rings. The van der Waals surface area contributed by atoms with Crippen molar-refractivity contribution >= 4 is 11.9 Å². The second-order valence-electron chi connectivity index (χ2n) is 5.41. The number of benzene rings is 1. The number of nitrogens with one attached hydrogen (secondary N) is 1. The molecule has 8 heteroatoms. The summed E-state index contributed by atoms with van der Waals surface area (Å²) in [6.07, 6.45) is 8.35. The van der Waals surface area contributed by atoms with Crippen LogP contribution in [0, 0.1) is 0 Å². The molecule has 1 amide bonds. The summed E-state index contributed by atoms with van der Waals surface area (Å²) in [5, 5.41) is 2.84. The average molecular weight is 351 g/mol. The van der Waals surface area contributed by atoms with Gasteiger partial charge >= 0.3 is 5.97 Å². The van der Waals surface area contributed by atoms with Gasteiger partial charge in [0.1, 0.15) is 11.4 Å². The van der Waals surface area contributed by atoms with Crippen LogP contribution in [-0.4, -0.2) is 37.9 Å². The summed E-state index contributed by atoms with van der Waals surface area (Å²) in [5.74, 6) is 0.487. The van der Waals surface area contributed by atoms with Crippen molar-refractivity contribution in [1.29, 1.82) is 0 Å². The van der Waals surface area contributed by atoms with Crippen LogP contribution in [0.3, 0.4) is 0 Å². The van der Waals surface area contributed by atoms with Crippen LogP contribution in [0.4, 0.5) is 0 Å². The van der Waals surface area contributed by atoms with Gasteiger partial charge in [-0.05, 0) is 24.3 Å². The Balaban J connectivity index is 1.56. The molecule has 3 rings (SSSR count). The molecule has 26 heavy (non-hydrogen) atoms. The fraction of sp³-hybridized carbons (Fsp3) is 0.167. The minimum atomic E-state index is -0.401. The predicted octanol–water partition coefficient (Wildman–Crippen LogP) is 1.70. The standard InChI is InChI=1S/C18H17N5O3/c1-13(24)26-15-4-2-14(3-5-15)18(25)22-9-11-23-10-8-21-17(23)16-12-19-6-7-20-16/h2-8,10,12H,9,11H2,1H3,(H,22,25). The van der Waals surface area contributed by atoms with Crippen LogP contribution in [0.15, 0.2) is 55.2 Å². The number of aromatic nitrogens is 4. The highest BCUT2D eigenvalue weighted by Crippen LogP contribution is 2.13. The molecule has 2 heterocycles. The van der Waals surface area contributed by atoms with E-state index in [4.69, 9.17) is 4.74 Å². The smallest absolute Gasteiger partial charge is 0.308 e. The molecular weight excluding hydrogens is 334 g/mol. The van der Waals surface area contributed by atoms with Crippen LogP contribution in [-0.2, 0) is 11.3 Å². The average Bonchev–Trinajstić information content (AvgIpc) is 3.11. The van der Waals surface area contributed by atoms with E-state index in [1.54, 1.807) is 49.1 Å². The zero-order valence-corrected chi connectivity index (χ0v) is 14.1. The van der Waals surface area contributed by atoms with E-state index in [2.05, 4.69) is 20.3 Å². The number of ether oxygens (including phenoxy) is 1. The van der Waals surface area contributed by atoms with Gasteiger partial charge in [0.25, 0.3) is 5.91 Å². The van der Waals surface area contributed by atoms with E-state index in [0.717, 1.165) is 0 Å². The molecule has 132 valence electrons. The SMILES string of the molecule is CC(=O)Oc1ccc(C(=O)NCCn2ccnc2-c2cnccn2)cc1. The Hall–Kier alpha value is -3.55. The van der Waals surface area contributed by atoms with Crippen LogP contribution >= 0.6 is 0 Å². The quantitative estimate of drug-likeness (QED) is 0.536. The van der Waals surface area contributed by atoms with E-state index in [-0.39, 0.29) is 5.91 Å². The largest absolute Gasteiger partial charge is 0.427 e. The van der Waals surface area contributed by atoms with E-state index in [1.807, 2.05) is 10.8 Å². The monoisotopic (exact) mass is 351 g/mol. The van der Waals surface area contributed by atoms with Gasteiger partial charge in [0.15, 0.2) is 5.82 Å². The van der Waals surface area contributed by atoms with E-state index >= 15 is 0 Å². The lowest BCUT2D eigenvalue weighted by atomic mass is 10.2. The Morgan fingerprint density at radius 2 is 1.92 bits per heavy atom. The third-order valence-electron chi connectivity index (χ3n) is 3.52. The number of imidazole rings is 1. The van der Waals surface area contributed by atoms with Crippen molar-refractivity contribution in [2.24, 2.45) is 0 Å². The van der Waals surface area contributed by atoms with Crippen molar-refractivity contribution < 1.29 is 14.3 Å². The normalized spacial score (nSPS) is 10.3. The fourth-order valence-corrected chi connectivity index (χ4v) is 2.37. The molecule has 0 saturated heterocycles. The Morgan fingerprint density at radius 3 is 2.62 bits per heavy atom. The van der Waals surface area contributed by atoms with Crippen LogP contribution < -0.4 is 10.1 Å². The fourth-order valence-electron chi connectivity index (χ4n) is 2.37. The Morgan fingerprint density at radius 1 is 1.12 bits per heavy atom. The number of esters is 1. The van der Waals surface area contributed by atoms with Gasteiger partial charge in [0.05, 0.1) is 6.20 Å². The lowest BCUT2D eigenvalue weighted by Gasteiger charge is -2.09. The highest BCUT2D eigenvalue weighted by atomic mass is 16.5. The maximum absolute atomic E-state index is 12.2. The highest BCUT2D eigenvalue weighted by Gasteiger charge is 2.09. The maximum Gasteiger partial charge on any atom is 0.308 e. The van der Waals surface area contributed by atoms with Gasteiger partial charge in [-0.25, -0.2) is 9.97 Å². The zero-order valence-electron chi connectivity index (χ0n) is 14.1. The summed E-state index contributed by atoms with van der Waals surface area (Å²) in [5.41, 5.74) is 1.16. The number of hydrogen-bond acceptors (Lipinski definition) is 6. The molecule has 0 radical (unpaired) electrons. The van der Waals surface area contributed by atoms with Gasteiger partial charge < -0.3 is 14.6 Å². The lowest BCUT2D eigenvalue weighted by Crippen LogP contribution is -2.27. The Bertz CT molecular complexity index is 891. The molecule has 1 N–H and O–H groups in total. The summed E-state index contributed by atoms with van der Waals surface area (Å²) in [6.45, 7) is 2.29. The van der Waals surface area contributed by atoms with Gasteiger partial charge in [-0.15, -0.1) is 0 Å². The van der Waals surface area contributed by atoms with Crippen molar-refractivity contribution in [3.05, 3.63) is 60.8 Å². The summed E-state index contributed by atoms with van der Waals surface area (Å²) in [7, 11) is 0. The topological polar surface area (TPSA) is 99.0 Å². The number of nitrogens with zero attached hydrogens (tertiary/aromatic N) is 4. The number of carbonyl (C=O) groups excluding carboxylic acids is 2. The van der Waals surface area contributed by atoms with E-state index in [0.29, 0.717) is 35.9 Å². The summed E-state index contributed by atoms with van der Waals surface area (Å²) in [4.78, 5) is 35.6. The Labute approximate surface area is 149 Å². The van der Waals surface area contributed by atoms with Crippen molar-refractivity contribution in [2.45, 2.75) is 13.5 Å². The second-order valence-corrected chi connectivity index (χ2v) is 5.41. The van der Waals surface area contributed by atoms with Gasteiger partial charge in [0, 0.05) is 50.4 Å². The molecule has 0 saturated carbocycles. The van der Waals surface area contributed by atoms with Crippen molar-refractivity contribution in [3.8, 4) is 17.3 Å². The van der Waals surface area contributed by atoms with Crippen molar-refractivity contribution in [3.63, 3.8) is 0 Å². The van der Waals surface area contributed by atoms with Crippen LogP contribution in [0.2, 0.25) is 0 Å². The molecule has 0 unspecified atom stereocenters. The zero-order chi connectivity index (χ0) is 18.4. The second kappa shape index (κ2) is 8.02. The van der Waals surface area contributed by atoms with E-state index < -0.39 is 5.97 Å². The molecular formula is C18H17N5O3. The molecule has 0 aliphatic heterocycles. The Kier molecular flexibility index (Phi) is 5.33. The first kappa shape index (κ1) is 17.3. The predicted molar refractivity (Wildman–Crippen MR) is 93.3 cm³/mol. The summed E-state index contributed by atoms with van der Waals surface area (Å²) in [6, 6.07) is 6.38. The number of amides is 1. The first-order valence-electron chi connectivity index (χ1n) is 7.97. The van der Waals surface area contributed by atoms with E-state index in [1.165, 1.54) is 6.92 Å². The van der Waals surface area contributed by atoms with Crippen LogP contribution in [0.5, 0.6) is 5.75 Å². The molecule has 0 aliphatic rings. The first-order valence-corrected chi connectivity index (χ1v) is 7.97. The highest BCUT2D eigenvalue weighted by molar-refractivity contribution is 5.94.